The lowest BCUT2D eigenvalue weighted by molar-refractivity contribution is 0.128. The highest BCUT2D eigenvalue weighted by Crippen LogP contribution is 2.24. The number of rotatable bonds is 3. The summed E-state index contributed by atoms with van der Waals surface area (Å²) in [7, 11) is -1.08. The van der Waals surface area contributed by atoms with Crippen molar-refractivity contribution in [1.82, 2.24) is 0 Å². The Labute approximate surface area is 106 Å². The molecule has 0 saturated carbocycles. The van der Waals surface area contributed by atoms with Crippen molar-refractivity contribution in [2.45, 2.75) is 23.8 Å². The zero-order chi connectivity index (χ0) is 11.5. The molecule has 1 fully saturated rings. The fraction of sp³-hybridized carbons (Fsp3) is 0.455. The summed E-state index contributed by atoms with van der Waals surface area (Å²) in [5, 5.41) is 0. The van der Waals surface area contributed by atoms with E-state index in [-0.39, 0.29) is 6.10 Å². The molecule has 1 saturated heterocycles. The summed E-state index contributed by atoms with van der Waals surface area (Å²) in [5.74, 6) is 0.542. The molecule has 2 atom stereocenters. The van der Waals surface area contributed by atoms with E-state index in [0.29, 0.717) is 16.3 Å². The average molecular weight is 304 g/mol. The quantitative estimate of drug-likeness (QED) is 0.872. The van der Waals surface area contributed by atoms with Gasteiger partial charge in [-0.2, -0.15) is 0 Å². The number of benzene rings is 1. The number of hydrogen-bond donors (Lipinski definition) is 1. The first-order chi connectivity index (χ1) is 7.66. The maximum Gasteiger partial charge on any atom is 0.0694 e. The van der Waals surface area contributed by atoms with Crippen molar-refractivity contribution in [3.05, 3.63) is 22.7 Å². The summed E-state index contributed by atoms with van der Waals surface area (Å²) in [6.45, 7) is 0.788. The highest BCUT2D eigenvalue weighted by atomic mass is 79.9. The van der Waals surface area contributed by atoms with Gasteiger partial charge in [0.25, 0.3) is 0 Å². The van der Waals surface area contributed by atoms with Gasteiger partial charge in [-0.3, -0.25) is 4.21 Å². The molecule has 2 rings (SSSR count). The molecule has 5 heteroatoms. The van der Waals surface area contributed by atoms with Crippen LogP contribution in [0.4, 0.5) is 5.69 Å². The Kier molecular flexibility index (Phi) is 4.00. The van der Waals surface area contributed by atoms with E-state index in [1.807, 2.05) is 12.1 Å². The highest BCUT2D eigenvalue weighted by molar-refractivity contribution is 9.10. The SMILES string of the molecule is Nc1ccc(Br)cc1S(=O)CC1CCCO1. The van der Waals surface area contributed by atoms with Gasteiger partial charge in [-0.05, 0) is 31.0 Å². The Morgan fingerprint density at radius 2 is 2.38 bits per heavy atom. The molecule has 1 aromatic rings. The van der Waals surface area contributed by atoms with Crippen molar-refractivity contribution in [2.75, 3.05) is 18.1 Å². The van der Waals surface area contributed by atoms with Gasteiger partial charge >= 0.3 is 0 Å². The minimum Gasteiger partial charge on any atom is -0.398 e. The van der Waals surface area contributed by atoms with Crippen LogP contribution in [0.1, 0.15) is 12.8 Å². The second-order valence-corrected chi connectivity index (χ2v) is 6.21. The summed E-state index contributed by atoms with van der Waals surface area (Å²) in [6.07, 6.45) is 2.19. The molecule has 2 unspecified atom stereocenters. The molecule has 1 aromatic carbocycles. The normalized spacial score (nSPS) is 22.2. The van der Waals surface area contributed by atoms with Gasteiger partial charge in [0.1, 0.15) is 0 Å². The minimum absolute atomic E-state index is 0.124. The summed E-state index contributed by atoms with van der Waals surface area (Å²) in [6, 6.07) is 5.44. The highest BCUT2D eigenvalue weighted by Gasteiger charge is 2.20. The van der Waals surface area contributed by atoms with Gasteiger partial charge in [-0.15, -0.1) is 0 Å². The van der Waals surface area contributed by atoms with Crippen molar-refractivity contribution in [3.63, 3.8) is 0 Å². The zero-order valence-corrected chi connectivity index (χ0v) is 11.2. The Bertz CT molecular complexity index is 405. The molecule has 0 aromatic heterocycles. The van der Waals surface area contributed by atoms with Crippen LogP contribution in [-0.4, -0.2) is 22.7 Å². The van der Waals surface area contributed by atoms with Gasteiger partial charge in [0.05, 0.1) is 27.6 Å². The lowest BCUT2D eigenvalue weighted by Gasteiger charge is -2.10. The van der Waals surface area contributed by atoms with Crippen LogP contribution in [0.25, 0.3) is 0 Å². The monoisotopic (exact) mass is 303 g/mol. The fourth-order valence-electron chi connectivity index (χ4n) is 1.74. The van der Waals surface area contributed by atoms with E-state index in [1.165, 1.54) is 0 Å². The molecule has 1 heterocycles. The molecule has 16 heavy (non-hydrogen) atoms. The van der Waals surface area contributed by atoms with E-state index in [4.69, 9.17) is 10.5 Å². The summed E-state index contributed by atoms with van der Waals surface area (Å²) in [5.41, 5.74) is 6.39. The lowest BCUT2D eigenvalue weighted by Crippen LogP contribution is -2.16. The van der Waals surface area contributed by atoms with Crippen molar-refractivity contribution >= 4 is 32.4 Å². The molecular formula is C11H14BrNO2S. The third-order valence-electron chi connectivity index (χ3n) is 2.58. The van der Waals surface area contributed by atoms with Crippen LogP contribution in [-0.2, 0) is 15.5 Å². The number of halogens is 1. The number of nitrogen functional groups attached to an aromatic ring is 1. The minimum atomic E-state index is -1.08. The number of hydrogen-bond acceptors (Lipinski definition) is 3. The van der Waals surface area contributed by atoms with Crippen LogP contribution in [0.2, 0.25) is 0 Å². The van der Waals surface area contributed by atoms with Crippen LogP contribution in [0, 0.1) is 0 Å². The second kappa shape index (κ2) is 5.29. The van der Waals surface area contributed by atoms with Gasteiger partial charge in [-0.25, -0.2) is 0 Å². The van der Waals surface area contributed by atoms with Gasteiger partial charge in [0, 0.05) is 16.8 Å². The number of anilines is 1. The number of nitrogens with two attached hydrogens (primary N) is 1. The Hall–Kier alpha value is -0.390. The third kappa shape index (κ3) is 2.84. The van der Waals surface area contributed by atoms with Crippen molar-refractivity contribution < 1.29 is 8.95 Å². The molecule has 0 aliphatic carbocycles. The first kappa shape index (κ1) is 12.1. The van der Waals surface area contributed by atoms with E-state index in [9.17, 15) is 4.21 Å². The molecule has 3 nitrogen and oxygen atoms in total. The molecule has 88 valence electrons. The molecule has 2 N–H and O–H groups in total. The van der Waals surface area contributed by atoms with Crippen molar-refractivity contribution in [3.8, 4) is 0 Å². The van der Waals surface area contributed by atoms with Gasteiger partial charge in [-0.1, -0.05) is 15.9 Å². The molecule has 0 bridgehead atoms. The van der Waals surface area contributed by atoms with Gasteiger partial charge < -0.3 is 10.5 Å². The van der Waals surface area contributed by atoms with E-state index in [1.54, 1.807) is 6.07 Å². The van der Waals surface area contributed by atoms with Crippen molar-refractivity contribution in [1.29, 1.82) is 0 Å². The average Bonchev–Trinajstić information content (AvgIpc) is 2.74. The van der Waals surface area contributed by atoms with E-state index in [0.717, 1.165) is 23.9 Å². The van der Waals surface area contributed by atoms with Gasteiger partial charge in [0.2, 0.25) is 0 Å². The predicted octanol–water partition coefficient (Wildman–Crippen LogP) is 2.32. The topological polar surface area (TPSA) is 52.3 Å². The molecule has 0 amide bonds. The summed E-state index contributed by atoms with van der Waals surface area (Å²) >= 11 is 3.36. The molecule has 1 aliphatic heterocycles. The standard InChI is InChI=1S/C11H14BrNO2S/c12-8-3-4-10(13)11(6-8)16(14)7-9-2-1-5-15-9/h3-4,6,9H,1-2,5,7,13H2. The summed E-state index contributed by atoms with van der Waals surface area (Å²) < 4.78 is 18.5. The Balaban J connectivity index is 2.10. The predicted molar refractivity (Wildman–Crippen MR) is 68.8 cm³/mol. The maximum absolute atomic E-state index is 12.1. The van der Waals surface area contributed by atoms with E-state index >= 15 is 0 Å². The first-order valence-corrected chi connectivity index (χ1v) is 7.33. The largest absolute Gasteiger partial charge is 0.398 e. The van der Waals surface area contributed by atoms with Gasteiger partial charge in [0.15, 0.2) is 0 Å². The Morgan fingerprint density at radius 3 is 3.06 bits per heavy atom. The van der Waals surface area contributed by atoms with E-state index in [2.05, 4.69) is 15.9 Å². The summed E-state index contributed by atoms with van der Waals surface area (Å²) in [4.78, 5) is 0.699. The number of ether oxygens (including phenoxy) is 1. The lowest BCUT2D eigenvalue weighted by atomic mass is 10.3. The maximum atomic E-state index is 12.1. The second-order valence-electron chi connectivity index (χ2n) is 3.83. The molecular weight excluding hydrogens is 290 g/mol. The first-order valence-electron chi connectivity index (χ1n) is 5.22. The smallest absolute Gasteiger partial charge is 0.0694 e. The molecule has 1 aliphatic rings. The Morgan fingerprint density at radius 1 is 1.56 bits per heavy atom. The van der Waals surface area contributed by atoms with E-state index < -0.39 is 10.8 Å². The van der Waals surface area contributed by atoms with Crippen LogP contribution in [0.15, 0.2) is 27.6 Å². The zero-order valence-electron chi connectivity index (χ0n) is 8.82. The third-order valence-corrected chi connectivity index (χ3v) is 4.59. The van der Waals surface area contributed by atoms with Crippen molar-refractivity contribution in [2.24, 2.45) is 0 Å². The molecule has 0 radical (unpaired) electrons. The van der Waals surface area contributed by atoms with Crippen LogP contribution >= 0.6 is 15.9 Å². The molecule has 0 spiro atoms. The van der Waals surface area contributed by atoms with Crippen LogP contribution in [0.5, 0.6) is 0 Å². The fourth-order valence-corrected chi connectivity index (χ4v) is 3.62. The van der Waals surface area contributed by atoms with Crippen LogP contribution in [0.3, 0.4) is 0 Å². The van der Waals surface area contributed by atoms with Crippen LogP contribution < -0.4 is 5.73 Å².